The molecular formula is C29H39N3O3. The van der Waals surface area contributed by atoms with Gasteiger partial charge in [0.1, 0.15) is 0 Å². The second-order valence-electron chi connectivity index (χ2n) is 11.7. The second kappa shape index (κ2) is 9.34. The number of benzene rings is 1. The number of fused-ring (bicyclic) bond motifs is 5. The van der Waals surface area contributed by atoms with Crippen molar-refractivity contribution < 1.29 is 9.53 Å². The van der Waals surface area contributed by atoms with Crippen LogP contribution in [0.4, 0.5) is 0 Å². The number of rotatable bonds is 4. The Morgan fingerprint density at radius 3 is 2.51 bits per heavy atom. The second-order valence-corrected chi connectivity index (χ2v) is 11.7. The summed E-state index contributed by atoms with van der Waals surface area (Å²) in [6.07, 6.45) is 12.7. The van der Waals surface area contributed by atoms with E-state index in [1.807, 2.05) is 28.8 Å². The Labute approximate surface area is 208 Å². The zero-order chi connectivity index (χ0) is 24.1. The fraction of sp³-hybridized carbons (Fsp3) is 0.690. The molecule has 4 bridgehead atoms. The predicted octanol–water partition coefficient (Wildman–Crippen LogP) is 5.35. The smallest absolute Gasteiger partial charge is 0.362 e. The number of hydrogen-bond donors (Lipinski definition) is 0. The SMILES string of the molecule is CCOC(=O)c1nc2ccccc2n(C2C[C@H]3CCC[C@@H](C2)N3[C@H]2C[C@@H]3CC[C@@H](C)[C@@H](C3)C2)c1=O. The number of aromatic nitrogens is 2. The summed E-state index contributed by atoms with van der Waals surface area (Å²) in [5, 5.41) is 0. The van der Waals surface area contributed by atoms with Crippen molar-refractivity contribution in [2.45, 2.75) is 102 Å². The Balaban J connectivity index is 1.33. The molecule has 2 saturated carbocycles. The minimum absolute atomic E-state index is 0.0766. The van der Waals surface area contributed by atoms with Crippen LogP contribution < -0.4 is 5.56 Å². The van der Waals surface area contributed by atoms with Crippen LogP contribution >= 0.6 is 0 Å². The number of piperidine rings is 2. The number of ether oxygens (including phenoxy) is 1. The third-order valence-electron chi connectivity index (χ3n) is 9.71. The molecular weight excluding hydrogens is 438 g/mol. The van der Waals surface area contributed by atoms with Crippen molar-refractivity contribution in [1.82, 2.24) is 14.5 Å². The Kier molecular flexibility index (Phi) is 6.20. The molecule has 0 amide bonds. The lowest BCUT2D eigenvalue weighted by atomic mass is 9.64. The van der Waals surface area contributed by atoms with Crippen molar-refractivity contribution in [3.63, 3.8) is 0 Å². The molecule has 1 unspecified atom stereocenters. The predicted molar refractivity (Wildman–Crippen MR) is 137 cm³/mol. The Hall–Kier alpha value is -2.21. The maximum absolute atomic E-state index is 13.7. The Bertz CT molecular complexity index is 1150. The van der Waals surface area contributed by atoms with Gasteiger partial charge in [0, 0.05) is 24.2 Å². The number of hydrogen-bond acceptors (Lipinski definition) is 5. The first-order valence-electron chi connectivity index (χ1n) is 14.0. The molecule has 2 saturated heterocycles. The molecule has 0 N–H and O–H groups in total. The van der Waals surface area contributed by atoms with Crippen molar-refractivity contribution in [1.29, 1.82) is 0 Å². The van der Waals surface area contributed by atoms with E-state index in [4.69, 9.17) is 4.74 Å². The highest BCUT2D eigenvalue weighted by Crippen LogP contribution is 2.49. The highest BCUT2D eigenvalue weighted by atomic mass is 16.5. The number of carbonyl (C=O) groups is 1. The number of nitrogens with zero attached hydrogens (tertiary/aromatic N) is 3. The minimum atomic E-state index is -0.613. The van der Waals surface area contributed by atoms with E-state index < -0.39 is 5.97 Å². The summed E-state index contributed by atoms with van der Waals surface area (Å²) in [7, 11) is 0. The third-order valence-corrected chi connectivity index (χ3v) is 9.71. The van der Waals surface area contributed by atoms with Gasteiger partial charge >= 0.3 is 5.97 Å². The zero-order valence-corrected chi connectivity index (χ0v) is 21.2. The van der Waals surface area contributed by atoms with E-state index in [0.717, 1.165) is 36.1 Å². The first-order valence-corrected chi connectivity index (χ1v) is 14.0. The normalized spacial score (nSPS) is 35.1. The molecule has 2 aromatic rings. The van der Waals surface area contributed by atoms with Crippen molar-refractivity contribution in [2.75, 3.05) is 6.61 Å². The van der Waals surface area contributed by atoms with Gasteiger partial charge in [0.25, 0.3) is 5.56 Å². The zero-order valence-electron chi connectivity index (χ0n) is 21.2. The van der Waals surface area contributed by atoms with Gasteiger partial charge in [0.2, 0.25) is 5.69 Å². The molecule has 4 fully saturated rings. The monoisotopic (exact) mass is 477 g/mol. The van der Waals surface area contributed by atoms with E-state index in [1.54, 1.807) is 6.92 Å². The van der Waals surface area contributed by atoms with Crippen molar-refractivity contribution >= 4 is 17.0 Å². The fourth-order valence-corrected chi connectivity index (χ4v) is 8.17. The summed E-state index contributed by atoms with van der Waals surface area (Å²) in [6.45, 7) is 4.46. The van der Waals surface area contributed by atoms with Crippen LogP contribution in [0, 0.1) is 17.8 Å². The van der Waals surface area contributed by atoms with Gasteiger partial charge in [-0.2, -0.15) is 0 Å². The van der Waals surface area contributed by atoms with Crippen LogP contribution in [-0.2, 0) is 4.74 Å². The van der Waals surface area contributed by atoms with Crippen LogP contribution in [0.2, 0.25) is 0 Å². The molecule has 188 valence electrons. The average Bonchev–Trinajstić information content (AvgIpc) is 2.85. The van der Waals surface area contributed by atoms with E-state index in [0.29, 0.717) is 23.6 Å². The number of para-hydroxylation sites is 2. The summed E-state index contributed by atoms with van der Waals surface area (Å²) >= 11 is 0. The van der Waals surface area contributed by atoms with Crippen LogP contribution in [0.5, 0.6) is 0 Å². The van der Waals surface area contributed by atoms with Gasteiger partial charge in [-0.15, -0.1) is 0 Å². The quantitative estimate of drug-likeness (QED) is 0.556. The summed E-state index contributed by atoms with van der Waals surface area (Å²) in [4.78, 5) is 33.6. The van der Waals surface area contributed by atoms with Crippen LogP contribution in [0.25, 0.3) is 11.0 Å². The Morgan fingerprint density at radius 1 is 0.971 bits per heavy atom. The minimum Gasteiger partial charge on any atom is -0.461 e. The van der Waals surface area contributed by atoms with Gasteiger partial charge in [-0.1, -0.05) is 38.3 Å². The molecule has 3 heterocycles. The molecule has 6 nitrogen and oxygen atoms in total. The van der Waals surface area contributed by atoms with Crippen LogP contribution in [0.1, 0.15) is 94.6 Å². The fourth-order valence-electron chi connectivity index (χ4n) is 8.17. The topological polar surface area (TPSA) is 64.4 Å². The van der Waals surface area contributed by atoms with Crippen molar-refractivity contribution in [3.8, 4) is 0 Å². The van der Waals surface area contributed by atoms with Gasteiger partial charge in [-0.3, -0.25) is 9.69 Å². The summed E-state index contributed by atoms with van der Waals surface area (Å²) < 4.78 is 7.09. The number of carbonyl (C=O) groups excluding carboxylic acids is 1. The molecule has 1 aromatic carbocycles. The molecule has 2 aliphatic carbocycles. The van der Waals surface area contributed by atoms with Crippen LogP contribution in [0.15, 0.2) is 29.1 Å². The maximum atomic E-state index is 13.7. The van der Waals surface area contributed by atoms with E-state index in [2.05, 4.69) is 16.8 Å². The van der Waals surface area contributed by atoms with Crippen LogP contribution in [-0.4, -0.2) is 45.2 Å². The van der Waals surface area contributed by atoms with E-state index in [9.17, 15) is 9.59 Å². The molecule has 1 aromatic heterocycles. The van der Waals surface area contributed by atoms with E-state index in [1.165, 1.54) is 51.4 Å². The average molecular weight is 478 g/mol. The standard InChI is InChI=1S/C29H39N3O3/c1-3-35-29(34)27-28(33)32(26-10-5-4-9-25(26)30-27)24-16-21-7-6-8-22(17-24)31(21)23-14-19-12-11-18(2)20(13-19)15-23/h4-5,9-10,18-24H,3,6-8,11-17H2,1-2H3/t18-,19-,20+,21-,22+,23+,24?/m1/s1. The number of esters is 1. The summed E-state index contributed by atoms with van der Waals surface area (Å²) in [6, 6.07) is 9.60. The van der Waals surface area contributed by atoms with Gasteiger partial charge in [0.05, 0.1) is 17.6 Å². The highest BCUT2D eigenvalue weighted by molar-refractivity contribution is 5.89. The molecule has 0 radical (unpaired) electrons. The largest absolute Gasteiger partial charge is 0.461 e. The van der Waals surface area contributed by atoms with Crippen molar-refractivity contribution in [2.24, 2.45) is 17.8 Å². The maximum Gasteiger partial charge on any atom is 0.362 e. The van der Waals surface area contributed by atoms with Gasteiger partial charge < -0.3 is 9.30 Å². The molecule has 4 aliphatic rings. The molecule has 35 heavy (non-hydrogen) atoms. The first-order chi connectivity index (χ1) is 17.0. The molecule has 2 aliphatic heterocycles. The molecule has 6 heteroatoms. The lowest BCUT2D eigenvalue weighted by Crippen LogP contribution is -2.59. The molecule has 7 atom stereocenters. The first kappa shape index (κ1) is 23.2. The van der Waals surface area contributed by atoms with Crippen LogP contribution in [0.3, 0.4) is 0 Å². The van der Waals surface area contributed by atoms with Gasteiger partial charge in [0.15, 0.2) is 0 Å². The highest BCUT2D eigenvalue weighted by Gasteiger charge is 2.46. The Morgan fingerprint density at radius 2 is 1.74 bits per heavy atom. The van der Waals surface area contributed by atoms with Gasteiger partial charge in [-0.05, 0) is 81.8 Å². The van der Waals surface area contributed by atoms with Gasteiger partial charge in [-0.25, -0.2) is 9.78 Å². The summed E-state index contributed by atoms with van der Waals surface area (Å²) in [5.41, 5.74) is 1.16. The van der Waals surface area contributed by atoms with E-state index >= 15 is 0 Å². The molecule has 6 rings (SSSR count). The molecule has 0 spiro atoms. The van der Waals surface area contributed by atoms with Crippen molar-refractivity contribution in [3.05, 3.63) is 40.3 Å². The summed E-state index contributed by atoms with van der Waals surface area (Å²) in [5.74, 6) is 2.06. The third kappa shape index (κ3) is 4.12. The lowest BCUT2D eigenvalue weighted by Gasteiger charge is -2.56. The lowest BCUT2D eigenvalue weighted by molar-refractivity contribution is -0.0551. The van der Waals surface area contributed by atoms with E-state index in [-0.39, 0.29) is 23.9 Å².